The summed E-state index contributed by atoms with van der Waals surface area (Å²) >= 11 is 0. The Morgan fingerprint density at radius 2 is 2.06 bits per heavy atom. The summed E-state index contributed by atoms with van der Waals surface area (Å²) in [6.07, 6.45) is 5.62. The van der Waals surface area contributed by atoms with Gasteiger partial charge in [-0.1, -0.05) is 12.1 Å². The number of carbonyl (C=O) groups is 2. The van der Waals surface area contributed by atoms with Crippen molar-refractivity contribution in [2.24, 2.45) is 10.7 Å². The number of aromatic nitrogens is 3. The molecule has 1 saturated heterocycles. The highest BCUT2D eigenvalue weighted by molar-refractivity contribution is 6.53. The Bertz CT molecular complexity index is 1240. The molecule has 0 bridgehead atoms. The molecule has 0 atom stereocenters. The molecule has 0 aliphatic carbocycles. The number of anilines is 1. The van der Waals surface area contributed by atoms with Gasteiger partial charge in [0.05, 0.1) is 18.4 Å². The Morgan fingerprint density at radius 1 is 1.25 bits per heavy atom. The number of benzene rings is 1. The fraction of sp³-hybridized carbons (Fsp3) is 0.227. The molecule has 2 aromatic heterocycles. The molecule has 1 aromatic carbocycles. The number of likely N-dealkylation sites (tertiary alicyclic amines) is 1. The highest BCUT2D eigenvalue weighted by Gasteiger charge is 2.29. The minimum atomic E-state index is -0.575. The van der Waals surface area contributed by atoms with Crippen LogP contribution in [0.15, 0.2) is 59.5 Å². The van der Waals surface area contributed by atoms with E-state index in [1.807, 2.05) is 30.5 Å². The van der Waals surface area contributed by atoms with E-state index in [0.717, 1.165) is 23.9 Å². The highest BCUT2D eigenvalue weighted by Crippen LogP contribution is 2.23. The number of imidazole rings is 1. The van der Waals surface area contributed by atoms with Crippen molar-refractivity contribution in [2.45, 2.75) is 6.42 Å². The molecule has 10 heteroatoms. The Kier molecular flexibility index (Phi) is 5.84. The molecule has 32 heavy (non-hydrogen) atoms. The third-order valence-corrected chi connectivity index (χ3v) is 5.17. The molecule has 0 saturated carbocycles. The van der Waals surface area contributed by atoms with Crippen LogP contribution in [0.4, 0.5) is 5.82 Å². The summed E-state index contributed by atoms with van der Waals surface area (Å²) in [6, 6.07) is 9.18. The van der Waals surface area contributed by atoms with Gasteiger partial charge in [-0.05, 0) is 24.6 Å². The average molecular weight is 433 g/mol. The predicted molar refractivity (Wildman–Crippen MR) is 120 cm³/mol. The van der Waals surface area contributed by atoms with E-state index in [0.29, 0.717) is 24.6 Å². The minimum Gasteiger partial charge on any atom is -0.497 e. The van der Waals surface area contributed by atoms with Crippen LogP contribution in [-0.4, -0.2) is 64.0 Å². The number of carbonyl (C=O) groups excluding carboxylic acids is 2. The lowest BCUT2D eigenvalue weighted by Gasteiger charge is -2.31. The standard InChI is InChI=1S/C22H23N7O3/c1-24-19(16(12-23)21(31)28-8-4-9-28)20(30)26-18-7-10-29-13-17(25-22(29)27-18)14-5-3-6-15(11-14)32-2/h3,5-7,10-13H,4,8-9,23H2,1-2H3,(H,25,26,27,30). The number of nitrogens with two attached hydrogens (primary N) is 1. The molecule has 0 spiro atoms. The van der Waals surface area contributed by atoms with Crippen molar-refractivity contribution >= 4 is 29.1 Å². The van der Waals surface area contributed by atoms with E-state index < -0.39 is 5.91 Å². The van der Waals surface area contributed by atoms with E-state index >= 15 is 0 Å². The van der Waals surface area contributed by atoms with Gasteiger partial charge in [-0.2, -0.15) is 4.98 Å². The number of rotatable bonds is 6. The first-order valence-electron chi connectivity index (χ1n) is 10.0. The highest BCUT2D eigenvalue weighted by atomic mass is 16.5. The summed E-state index contributed by atoms with van der Waals surface area (Å²) < 4.78 is 7.02. The first kappa shape index (κ1) is 21.0. The number of hydrogen-bond donors (Lipinski definition) is 2. The van der Waals surface area contributed by atoms with Crippen LogP contribution in [0.5, 0.6) is 5.75 Å². The van der Waals surface area contributed by atoms with Crippen LogP contribution in [0, 0.1) is 0 Å². The van der Waals surface area contributed by atoms with Crippen molar-refractivity contribution in [3.8, 4) is 17.0 Å². The molecule has 0 unspecified atom stereocenters. The van der Waals surface area contributed by atoms with Crippen molar-refractivity contribution < 1.29 is 14.3 Å². The molecular formula is C22H23N7O3. The van der Waals surface area contributed by atoms with E-state index in [2.05, 4.69) is 20.3 Å². The van der Waals surface area contributed by atoms with Crippen LogP contribution in [0.1, 0.15) is 6.42 Å². The number of hydrogen-bond acceptors (Lipinski definition) is 7. The number of methoxy groups -OCH3 is 1. The maximum absolute atomic E-state index is 12.8. The van der Waals surface area contributed by atoms with Crippen molar-refractivity contribution in [3.63, 3.8) is 0 Å². The first-order valence-corrected chi connectivity index (χ1v) is 10.0. The van der Waals surface area contributed by atoms with E-state index in [1.165, 1.54) is 7.05 Å². The van der Waals surface area contributed by atoms with Crippen LogP contribution >= 0.6 is 0 Å². The van der Waals surface area contributed by atoms with Crippen LogP contribution in [-0.2, 0) is 9.59 Å². The fourth-order valence-electron chi connectivity index (χ4n) is 3.32. The van der Waals surface area contributed by atoms with Gasteiger partial charge >= 0.3 is 0 Å². The van der Waals surface area contributed by atoms with Gasteiger partial charge in [0, 0.05) is 44.3 Å². The number of fused-ring (bicyclic) bond motifs is 1. The van der Waals surface area contributed by atoms with E-state index in [-0.39, 0.29) is 23.0 Å². The van der Waals surface area contributed by atoms with Gasteiger partial charge in [-0.15, -0.1) is 0 Å². The van der Waals surface area contributed by atoms with Crippen LogP contribution < -0.4 is 15.8 Å². The molecule has 1 fully saturated rings. The number of aliphatic imine (C=N–C) groups is 1. The van der Waals surface area contributed by atoms with Gasteiger partial charge in [0.25, 0.3) is 11.8 Å². The summed E-state index contributed by atoms with van der Waals surface area (Å²) in [7, 11) is 3.04. The number of nitrogens with one attached hydrogen (secondary N) is 1. The molecule has 10 nitrogen and oxygen atoms in total. The Morgan fingerprint density at radius 3 is 2.72 bits per heavy atom. The normalized spacial score (nSPS) is 14.2. The summed E-state index contributed by atoms with van der Waals surface area (Å²) in [5.74, 6) is 0.521. The fourth-order valence-corrected chi connectivity index (χ4v) is 3.32. The van der Waals surface area contributed by atoms with Gasteiger partial charge in [0.2, 0.25) is 5.78 Å². The van der Waals surface area contributed by atoms with Gasteiger partial charge in [-0.25, -0.2) is 4.98 Å². The van der Waals surface area contributed by atoms with Gasteiger partial charge in [0.15, 0.2) is 0 Å². The number of nitrogens with zero attached hydrogens (tertiary/aromatic N) is 5. The molecule has 4 rings (SSSR count). The average Bonchev–Trinajstić information content (AvgIpc) is 3.19. The molecule has 3 N–H and O–H groups in total. The van der Waals surface area contributed by atoms with Gasteiger partial charge in [-0.3, -0.25) is 19.0 Å². The Labute approximate surface area is 184 Å². The maximum Gasteiger partial charge on any atom is 0.275 e. The lowest BCUT2D eigenvalue weighted by atomic mass is 10.1. The second-order valence-electron chi connectivity index (χ2n) is 7.13. The largest absolute Gasteiger partial charge is 0.497 e. The van der Waals surface area contributed by atoms with Gasteiger partial charge in [0.1, 0.15) is 17.3 Å². The molecule has 3 heterocycles. The number of ether oxygens (including phenoxy) is 1. The lowest BCUT2D eigenvalue weighted by molar-refractivity contribution is -0.130. The molecule has 2 amide bonds. The van der Waals surface area contributed by atoms with Crippen molar-refractivity contribution in [1.29, 1.82) is 0 Å². The van der Waals surface area contributed by atoms with Crippen LogP contribution in [0.2, 0.25) is 0 Å². The van der Waals surface area contributed by atoms with Crippen molar-refractivity contribution in [3.05, 3.63) is 54.5 Å². The van der Waals surface area contributed by atoms with E-state index in [9.17, 15) is 9.59 Å². The predicted octanol–water partition coefficient (Wildman–Crippen LogP) is 1.49. The summed E-state index contributed by atoms with van der Waals surface area (Å²) in [5, 5.41) is 2.68. The summed E-state index contributed by atoms with van der Waals surface area (Å²) in [6.45, 7) is 1.28. The third kappa shape index (κ3) is 4.02. The molecule has 1 aliphatic rings. The van der Waals surface area contributed by atoms with Crippen molar-refractivity contribution in [1.82, 2.24) is 19.3 Å². The molecular weight excluding hydrogens is 410 g/mol. The summed E-state index contributed by atoms with van der Waals surface area (Å²) in [4.78, 5) is 39.9. The molecule has 0 radical (unpaired) electrons. The topological polar surface area (TPSA) is 127 Å². The zero-order chi connectivity index (χ0) is 22.7. The zero-order valence-electron chi connectivity index (χ0n) is 17.8. The Hall–Kier alpha value is -4.21. The molecule has 3 aromatic rings. The van der Waals surface area contributed by atoms with Crippen molar-refractivity contribution in [2.75, 3.05) is 32.6 Å². The number of amides is 2. The lowest BCUT2D eigenvalue weighted by Crippen LogP contribution is -2.45. The second-order valence-corrected chi connectivity index (χ2v) is 7.13. The molecule has 1 aliphatic heterocycles. The third-order valence-electron chi connectivity index (χ3n) is 5.17. The van der Waals surface area contributed by atoms with Crippen LogP contribution in [0.3, 0.4) is 0 Å². The Balaban J connectivity index is 1.55. The monoisotopic (exact) mass is 433 g/mol. The first-order chi connectivity index (χ1) is 15.5. The minimum absolute atomic E-state index is 0.0496. The maximum atomic E-state index is 12.8. The second kappa shape index (κ2) is 8.88. The smallest absolute Gasteiger partial charge is 0.275 e. The van der Waals surface area contributed by atoms with E-state index in [1.54, 1.807) is 28.7 Å². The SMILES string of the molecule is CN=C(C(=O)Nc1ccn2cc(-c3cccc(OC)c3)nc2n1)C(=CN)C(=O)N1CCC1. The van der Waals surface area contributed by atoms with Crippen LogP contribution in [0.25, 0.3) is 17.0 Å². The quantitative estimate of drug-likeness (QED) is 0.448. The summed E-state index contributed by atoms with van der Waals surface area (Å²) in [5.41, 5.74) is 7.25. The van der Waals surface area contributed by atoms with E-state index in [4.69, 9.17) is 10.5 Å². The zero-order valence-corrected chi connectivity index (χ0v) is 17.8. The molecule has 164 valence electrons. The van der Waals surface area contributed by atoms with Gasteiger partial charge < -0.3 is 20.7 Å².